The van der Waals surface area contributed by atoms with Crippen molar-refractivity contribution in [1.29, 1.82) is 0 Å². The van der Waals surface area contributed by atoms with E-state index in [-0.39, 0.29) is 23.8 Å². The van der Waals surface area contributed by atoms with Crippen LogP contribution in [0, 0.1) is 5.82 Å². The van der Waals surface area contributed by atoms with Crippen LogP contribution in [0.4, 0.5) is 14.9 Å². The number of nitrogens with one attached hydrogen (secondary N) is 1. The van der Waals surface area contributed by atoms with E-state index in [2.05, 4.69) is 10.3 Å². The van der Waals surface area contributed by atoms with Crippen LogP contribution in [-0.4, -0.2) is 55.4 Å². The molecule has 2 amide bonds. The maximum absolute atomic E-state index is 13.0. The van der Waals surface area contributed by atoms with Crippen molar-refractivity contribution in [2.75, 3.05) is 38.7 Å². The van der Waals surface area contributed by atoms with E-state index in [9.17, 15) is 9.18 Å². The number of pyridine rings is 1. The molecule has 1 saturated heterocycles. The molecule has 1 N–H and O–H groups in total. The van der Waals surface area contributed by atoms with Gasteiger partial charge in [0.2, 0.25) is 5.88 Å². The molecule has 1 aromatic carbocycles. The molecule has 138 valence electrons. The molecule has 2 heterocycles. The molecule has 1 aliphatic heterocycles. The summed E-state index contributed by atoms with van der Waals surface area (Å²) in [7, 11) is 1.67. The molecule has 0 spiro atoms. The molecule has 0 aliphatic carbocycles. The van der Waals surface area contributed by atoms with Gasteiger partial charge in [-0.3, -0.25) is 0 Å². The average Bonchev–Trinajstić information content (AvgIpc) is 2.66. The number of nitrogens with zero attached hydrogens (tertiary/aromatic N) is 2. The minimum absolute atomic E-state index is 0.150. The van der Waals surface area contributed by atoms with Crippen molar-refractivity contribution < 1.29 is 23.4 Å². The number of aromatic nitrogens is 1. The normalized spacial score (nSPS) is 16.8. The number of rotatable bonds is 5. The van der Waals surface area contributed by atoms with Crippen LogP contribution in [0.5, 0.6) is 11.6 Å². The maximum Gasteiger partial charge on any atom is 0.321 e. The molecule has 0 unspecified atom stereocenters. The van der Waals surface area contributed by atoms with Crippen molar-refractivity contribution in [3.63, 3.8) is 0 Å². The fourth-order valence-electron chi connectivity index (χ4n) is 2.42. The number of benzene rings is 1. The highest BCUT2D eigenvalue weighted by molar-refractivity contribution is 5.90. The summed E-state index contributed by atoms with van der Waals surface area (Å²) < 4.78 is 29.5. The van der Waals surface area contributed by atoms with Crippen LogP contribution >= 0.6 is 0 Å². The van der Waals surface area contributed by atoms with Crippen LogP contribution in [0.3, 0.4) is 0 Å². The van der Waals surface area contributed by atoms with Crippen molar-refractivity contribution in [3.8, 4) is 11.6 Å². The Balaban J connectivity index is 1.63. The van der Waals surface area contributed by atoms with Crippen molar-refractivity contribution in [1.82, 2.24) is 9.88 Å². The number of amides is 2. The maximum atomic E-state index is 13.0. The van der Waals surface area contributed by atoms with E-state index in [1.54, 1.807) is 25.4 Å². The second-order valence-corrected chi connectivity index (χ2v) is 5.79. The summed E-state index contributed by atoms with van der Waals surface area (Å²) >= 11 is 0. The topological polar surface area (TPSA) is 72.9 Å². The quantitative estimate of drug-likeness (QED) is 0.887. The second kappa shape index (κ2) is 8.59. The van der Waals surface area contributed by atoms with E-state index >= 15 is 0 Å². The lowest BCUT2D eigenvalue weighted by Crippen LogP contribution is -2.42. The van der Waals surface area contributed by atoms with Crippen LogP contribution < -0.4 is 10.1 Å². The fourth-order valence-corrected chi connectivity index (χ4v) is 2.42. The molecule has 2 aromatic rings. The Kier molecular flexibility index (Phi) is 5.98. The summed E-state index contributed by atoms with van der Waals surface area (Å²) in [5, 5.41) is 2.76. The number of carbonyl (C=O) groups is 1. The predicted octanol–water partition coefficient (Wildman–Crippen LogP) is 2.89. The Hall–Kier alpha value is -2.71. The summed E-state index contributed by atoms with van der Waals surface area (Å²) in [5.41, 5.74) is 0.412. The molecule has 1 atom stereocenters. The Bertz CT molecular complexity index is 735. The smallest absolute Gasteiger partial charge is 0.321 e. The third-order valence-corrected chi connectivity index (χ3v) is 3.75. The standard InChI is InChI=1S/C18H20FN3O4/c1-22(11-15-12-24-9-10-25-15)18(23)21-16-3-2-8-20-17(16)26-14-6-4-13(19)5-7-14/h2-8,15H,9-12H2,1H3,(H,21,23)/t15-/m0/s1. The van der Waals surface area contributed by atoms with Gasteiger partial charge in [0.05, 0.1) is 32.5 Å². The van der Waals surface area contributed by atoms with Gasteiger partial charge in [0.15, 0.2) is 0 Å². The van der Waals surface area contributed by atoms with Crippen LogP contribution in [0.25, 0.3) is 0 Å². The molecule has 7 nitrogen and oxygen atoms in total. The summed E-state index contributed by atoms with van der Waals surface area (Å²) in [6.07, 6.45) is 1.40. The first-order valence-electron chi connectivity index (χ1n) is 8.22. The van der Waals surface area contributed by atoms with E-state index in [0.717, 1.165) is 0 Å². The molecule has 8 heteroatoms. The second-order valence-electron chi connectivity index (χ2n) is 5.79. The number of carbonyl (C=O) groups excluding carboxylic acids is 1. The lowest BCUT2D eigenvalue weighted by atomic mass is 10.3. The SMILES string of the molecule is CN(C[C@H]1COCCO1)C(=O)Nc1cccnc1Oc1ccc(F)cc1. The molecule has 1 aliphatic rings. The van der Waals surface area contributed by atoms with Crippen LogP contribution in [0.15, 0.2) is 42.6 Å². The summed E-state index contributed by atoms with van der Waals surface area (Å²) in [4.78, 5) is 18.1. The van der Waals surface area contributed by atoms with Gasteiger partial charge in [0, 0.05) is 13.2 Å². The van der Waals surface area contributed by atoms with Crippen molar-refractivity contribution in [2.45, 2.75) is 6.10 Å². The highest BCUT2D eigenvalue weighted by Gasteiger charge is 2.20. The van der Waals surface area contributed by atoms with Gasteiger partial charge in [-0.2, -0.15) is 0 Å². The zero-order chi connectivity index (χ0) is 18.4. The van der Waals surface area contributed by atoms with Crippen molar-refractivity contribution >= 4 is 11.7 Å². The molecule has 1 aromatic heterocycles. The van der Waals surface area contributed by atoms with Gasteiger partial charge >= 0.3 is 6.03 Å². The number of hydrogen-bond acceptors (Lipinski definition) is 5. The minimum atomic E-state index is -0.359. The highest BCUT2D eigenvalue weighted by atomic mass is 19.1. The number of hydrogen-bond donors (Lipinski definition) is 1. The van der Waals surface area contributed by atoms with E-state index in [1.807, 2.05) is 0 Å². The Labute approximate surface area is 150 Å². The van der Waals surface area contributed by atoms with Gasteiger partial charge in [-0.15, -0.1) is 0 Å². The Morgan fingerprint density at radius 1 is 1.35 bits per heavy atom. The van der Waals surface area contributed by atoms with Gasteiger partial charge < -0.3 is 24.4 Å². The molecule has 0 bridgehead atoms. The van der Waals surface area contributed by atoms with E-state index < -0.39 is 0 Å². The van der Waals surface area contributed by atoms with Gasteiger partial charge in [0.1, 0.15) is 17.3 Å². The third-order valence-electron chi connectivity index (χ3n) is 3.75. The van der Waals surface area contributed by atoms with Gasteiger partial charge in [-0.05, 0) is 36.4 Å². The summed E-state index contributed by atoms with van der Waals surface area (Å²) in [6.45, 7) is 1.97. The summed E-state index contributed by atoms with van der Waals surface area (Å²) in [5.74, 6) is 0.280. The highest BCUT2D eigenvalue weighted by Crippen LogP contribution is 2.27. The van der Waals surface area contributed by atoms with Gasteiger partial charge in [0.25, 0.3) is 0 Å². The van der Waals surface area contributed by atoms with Gasteiger partial charge in [-0.25, -0.2) is 14.2 Å². The van der Waals surface area contributed by atoms with Crippen LogP contribution in [-0.2, 0) is 9.47 Å². The number of likely N-dealkylation sites (N-methyl/N-ethyl adjacent to an activating group) is 1. The first-order valence-corrected chi connectivity index (χ1v) is 8.22. The molecule has 0 saturated carbocycles. The van der Waals surface area contributed by atoms with Crippen LogP contribution in [0.1, 0.15) is 0 Å². The van der Waals surface area contributed by atoms with Crippen LogP contribution in [0.2, 0.25) is 0 Å². The van der Waals surface area contributed by atoms with Crippen molar-refractivity contribution in [3.05, 3.63) is 48.4 Å². The van der Waals surface area contributed by atoms with Crippen molar-refractivity contribution in [2.24, 2.45) is 0 Å². The largest absolute Gasteiger partial charge is 0.437 e. The molecular weight excluding hydrogens is 341 g/mol. The first-order chi connectivity index (χ1) is 12.6. The third kappa shape index (κ3) is 4.90. The first kappa shape index (κ1) is 18.1. The Morgan fingerprint density at radius 2 is 2.15 bits per heavy atom. The molecular formula is C18H20FN3O4. The predicted molar refractivity (Wildman–Crippen MR) is 92.9 cm³/mol. The minimum Gasteiger partial charge on any atom is -0.437 e. The lowest BCUT2D eigenvalue weighted by Gasteiger charge is -2.27. The van der Waals surface area contributed by atoms with Gasteiger partial charge in [-0.1, -0.05) is 0 Å². The van der Waals surface area contributed by atoms with E-state index in [4.69, 9.17) is 14.2 Å². The number of halogens is 1. The lowest BCUT2D eigenvalue weighted by molar-refractivity contribution is -0.0925. The zero-order valence-corrected chi connectivity index (χ0v) is 14.4. The number of anilines is 1. The molecule has 26 heavy (non-hydrogen) atoms. The molecule has 0 radical (unpaired) electrons. The average molecular weight is 361 g/mol. The zero-order valence-electron chi connectivity index (χ0n) is 14.4. The number of ether oxygens (including phenoxy) is 3. The molecule has 3 rings (SSSR count). The Morgan fingerprint density at radius 3 is 2.88 bits per heavy atom. The fraction of sp³-hybridized carbons (Fsp3) is 0.333. The monoisotopic (exact) mass is 361 g/mol. The van der Waals surface area contributed by atoms with E-state index in [0.29, 0.717) is 37.8 Å². The molecule has 1 fully saturated rings. The summed E-state index contributed by atoms with van der Waals surface area (Å²) in [6, 6.07) is 8.59. The number of urea groups is 1. The van der Waals surface area contributed by atoms with E-state index in [1.165, 1.54) is 29.2 Å².